The fraction of sp³-hybridized carbons (Fsp3) is 0.0769. The summed E-state index contributed by atoms with van der Waals surface area (Å²) < 4.78 is 5.56. The molecule has 0 heterocycles. The van der Waals surface area contributed by atoms with E-state index in [0.717, 1.165) is 16.2 Å². The zero-order chi connectivity index (χ0) is 11.4. The molecule has 0 amide bonds. The van der Waals surface area contributed by atoms with Gasteiger partial charge in [0.2, 0.25) is 0 Å². The van der Waals surface area contributed by atoms with Crippen LogP contribution in [0.15, 0.2) is 53.4 Å². The minimum Gasteiger partial charge on any atom is -0.508 e. The lowest BCUT2D eigenvalue weighted by Crippen LogP contribution is -1.94. The summed E-state index contributed by atoms with van der Waals surface area (Å²) in [6.07, 6.45) is 0. The second-order valence-corrected chi connectivity index (χ2v) is 3.97. The molecule has 0 aliphatic carbocycles. The highest BCUT2D eigenvalue weighted by molar-refractivity contribution is 7.80. The van der Waals surface area contributed by atoms with Crippen LogP contribution in [0.5, 0.6) is 11.5 Å². The average Bonchev–Trinajstić information content (AvgIpc) is 2.28. The number of phenolic OH excluding ortho intramolecular Hbond substituents is 1. The van der Waals surface area contributed by atoms with Gasteiger partial charge in [0.25, 0.3) is 0 Å². The molecule has 82 valence electrons. The summed E-state index contributed by atoms with van der Waals surface area (Å²) in [6, 6.07) is 14.5. The van der Waals surface area contributed by atoms with Gasteiger partial charge in [-0.1, -0.05) is 12.1 Å². The van der Waals surface area contributed by atoms with E-state index in [9.17, 15) is 5.11 Å². The molecule has 2 aromatic rings. The highest BCUT2D eigenvalue weighted by atomic mass is 32.1. The predicted molar refractivity (Wildman–Crippen MR) is 66.1 cm³/mol. The van der Waals surface area contributed by atoms with E-state index in [1.807, 2.05) is 30.3 Å². The molecular weight excluding hydrogens is 220 g/mol. The van der Waals surface area contributed by atoms with Crippen molar-refractivity contribution in [2.75, 3.05) is 0 Å². The van der Waals surface area contributed by atoms with E-state index in [1.54, 1.807) is 18.2 Å². The van der Waals surface area contributed by atoms with Crippen LogP contribution in [0.25, 0.3) is 0 Å². The first kappa shape index (κ1) is 10.9. The molecule has 3 heteroatoms. The molecule has 1 N–H and O–H groups in total. The highest BCUT2D eigenvalue weighted by Crippen LogP contribution is 2.17. The van der Waals surface area contributed by atoms with Crippen LogP contribution >= 0.6 is 12.6 Å². The first-order valence-corrected chi connectivity index (χ1v) is 5.38. The number of rotatable bonds is 3. The van der Waals surface area contributed by atoms with Gasteiger partial charge in [-0.15, -0.1) is 12.6 Å². The van der Waals surface area contributed by atoms with Crippen LogP contribution in [0, 0.1) is 0 Å². The Morgan fingerprint density at radius 3 is 2.50 bits per heavy atom. The number of hydrogen-bond acceptors (Lipinski definition) is 3. The van der Waals surface area contributed by atoms with E-state index in [-0.39, 0.29) is 5.75 Å². The molecule has 0 saturated heterocycles. The first-order chi connectivity index (χ1) is 7.74. The summed E-state index contributed by atoms with van der Waals surface area (Å²) in [4.78, 5) is 0.907. The topological polar surface area (TPSA) is 29.5 Å². The van der Waals surface area contributed by atoms with Crippen molar-refractivity contribution < 1.29 is 9.84 Å². The Bertz CT molecular complexity index is 466. The van der Waals surface area contributed by atoms with Crippen LogP contribution in [0.2, 0.25) is 0 Å². The highest BCUT2D eigenvalue weighted by Gasteiger charge is 1.97. The Morgan fingerprint density at radius 2 is 1.81 bits per heavy atom. The minimum absolute atomic E-state index is 0.256. The fourth-order valence-electron chi connectivity index (χ4n) is 1.36. The lowest BCUT2D eigenvalue weighted by Gasteiger charge is -2.06. The fourth-order valence-corrected chi connectivity index (χ4v) is 1.50. The van der Waals surface area contributed by atoms with Gasteiger partial charge in [-0.05, 0) is 42.0 Å². The normalized spacial score (nSPS) is 10.1. The lowest BCUT2D eigenvalue weighted by atomic mass is 10.2. The maximum Gasteiger partial charge on any atom is 0.119 e. The van der Waals surface area contributed by atoms with E-state index in [4.69, 9.17) is 4.74 Å². The first-order valence-electron chi connectivity index (χ1n) is 4.94. The number of hydrogen-bond donors (Lipinski definition) is 2. The lowest BCUT2D eigenvalue weighted by molar-refractivity contribution is 0.305. The van der Waals surface area contributed by atoms with E-state index >= 15 is 0 Å². The SMILES string of the molecule is Oc1cccc(COc2ccc(S)cc2)c1. The molecule has 0 fully saturated rings. The summed E-state index contributed by atoms with van der Waals surface area (Å²) in [6.45, 7) is 0.445. The molecule has 0 saturated carbocycles. The van der Waals surface area contributed by atoms with Crippen molar-refractivity contribution in [2.45, 2.75) is 11.5 Å². The average molecular weight is 232 g/mol. The van der Waals surface area contributed by atoms with Gasteiger partial charge in [0, 0.05) is 4.90 Å². The molecule has 16 heavy (non-hydrogen) atoms. The summed E-state index contributed by atoms with van der Waals surface area (Å²) in [5.74, 6) is 1.05. The van der Waals surface area contributed by atoms with Gasteiger partial charge in [0.1, 0.15) is 18.1 Å². The molecule has 0 unspecified atom stereocenters. The molecule has 0 atom stereocenters. The van der Waals surface area contributed by atoms with Crippen molar-refractivity contribution in [3.05, 3.63) is 54.1 Å². The molecule has 0 aliphatic heterocycles. The molecule has 0 aliphatic rings. The van der Waals surface area contributed by atoms with Gasteiger partial charge in [-0.2, -0.15) is 0 Å². The van der Waals surface area contributed by atoms with Crippen molar-refractivity contribution in [1.29, 1.82) is 0 Å². The Kier molecular flexibility index (Phi) is 3.37. The predicted octanol–water partition coefficient (Wildman–Crippen LogP) is 3.26. The van der Waals surface area contributed by atoms with E-state index < -0.39 is 0 Å². The second kappa shape index (κ2) is 4.94. The number of thiol groups is 1. The molecular formula is C13H12O2S. The van der Waals surface area contributed by atoms with E-state index in [2.05, 4.69) is 12.6 Å². The molecule has 0 radical (unpaired) electrons. The van der Waals surface area contributed by atoms with Crippen LogP contribution in [-0.2, 0) is 6.61 Å². The molecule has 2 rings (SSSR count). The third kappa shape index (κ3) is 2.94. The van der Waals surface area contributed by atoms with Crippen LogP contribution in [0.4, 0.5) is 0 Å². The zero-order valence-corrected chi connectivity index (χ0v) is 9.52. The van der Waals surface area contributed by atoms with Crippen LogP contribution in [0.3, 0.4) is 0 Å². The van der Waals surface area contributed by atoms with Crippen molar-refractivity contribution in [1.82, 2.24) is 0 Å². The maximum absolute atomic E-state index is 9.28. The van der Waals surface area contributed by atoms with E-state index in [0.29, 0.717) is 6.61 Å². The van der Waals surface area contributed by atoms with Crippen molar-refractivity contribution in [2.24, 2.45) is 0 Å². The maximum atomic E-state index is 9.28. The van der Waals surface area contributed by atoms with Crippen LogP contribution in [0.1, 0.15) is 5.56 Å². The molecule has 2 nitrogen and oxygen atoms in total. The van der Waals surface area contributed by atoms with Crippen LogP contribution in [-0.4, -0.2) is 5.11 Å². The quantitative estimate of drug-likeness (QED) is 0.795. The van der Waals surface area contributed by atoms with Gasteiger partial charge in [0.05, 0.1) is 0 Å². The largest absolute Gasteiger partial charge is 0.508 e. The molecule has 2 aromatic carbocycles. The van der Waals surface area contributed by atoms with Gasteiger partial charge < -0.3 is 9.84 Å². The summed E-state index contributed by atoms with van der Waals surface area (Å²) in [5, 5.41) is 9.28. The minimum atomic E-state index is 0.256. The van der Waals surface area contributed by atoms with Gasteiger partial charge >= 0.3 is 0 Å². The zero-order valence-electron chi connectivity index (χ0n) is 8.63. The number of phenols is 1. The molecule has 0 spiro atoms. The van der Waals surface area contributed by atoms with E-state index in [1.165, 1.54) is 0 Å². The third-order valence-corrected chi connectivity index (χ3v) is 2.45. The number of ether oxygens (including phenoxy) is 1. The number of benzene rings is 2. The summed E-state index contributed by atoms with van der Waals surface area (Å²) >= 11 is 4.19. The van der Waals surface area contributed by atoms with Crippen LogP contribution < -0.4 is 4.74 Å². The smallest absolute Gasteiger partial charge is 0.119 e. The van der Waals surface area contributed by atoms with Gasteiger partial charge in [-0.25, -0.2) is 0 Å². The standard InChI is InChI=1S/C13H12O2S/c14-11-3-1-2-10(8-11)9-15-12-4-6-13(16)7-5-12/h1-8,14,16H,9H2. The Morgan fingerprint density at radius 1 is 1.06 bits per heavy atom. The van der Waals surface area contributed by atoms with Crippen molar-refractivity contribution >= 4 is 12.6 Å². The molecule has 0 aromatic heterocycles. The third-order valence-electron chi connectivity index (χ3n) is 2.15. The van der Waals surface area contributed by atoms with Crippen molar-refractivity contribution in [3.8, 4) is 11.5 Å². The Labute approximate surface area is 99.9 Å². The molecule has 0 bridgehead atoms. The van der Waals surface area contributed by atoms with Gasteiger partial charge in [0.15, 0.2) is 0 Å². The Hall–Kier alpha value is -1.61. The van der Waals surface area contributed by atoms with Crippen molar-refractivity contribution in [3.63, 3.8) is 0 Å². The summed E-state index contributed by atoms with van der Waals surface area (Å²) in [5.41, 5.74) is 0.940. The number of aromatic hydroxyl groups is 1. The van der Waals surface area contributed by atoms with Gasteiger partial charge in [-0.3, -0.25) is 0 Å². The summed E-state index contributed by atoms with van der Waals surface area (Å²) in [7, 11) is 0. The monoisotopic (exact) mass is 232 g/mol. The Balaban J connectivity index is 1.99. The second-order valence-electron chi connectivity index (χ2n) is 3.45.